The SMILES string of the molecule is COc1cc([C@H](C(=O)NC2CCCCC2)N(CCc2cccc(C)c2)C(=O)[C@@H]2COc3ccccc3O2)cc(OC)c1OC. The topological polar surface area (TPSA) is 95.6 Å². The monoisotopic (exact) mass is 602 g/mol. The maximum absolute atomic E-state index is 14.5. The highest BCUT2D eigenvalue weighted by atomic mass is 16.6. The van der Waals surface area contributed by atoms with Crippen LogP contribution in [0.15, 0.2) is 60.7 Å². The van der Waals surface area contributed by atoms with E-state index in [1.807, 2.05) is 43.3 Å². The number of aryl methyl sites for hydroxylation is 1. The second-order valence-electron chi connectivity index (χ2n) is 11.3. The number of rotatable bonds is 11. The molecule has 0 radical (unpaired) electrons. The lowest BCUT2D eigenvalue weighted by Gasteiger charge is -2.36. The van der Waals surface area contributed by atoms with Crippen molar-refractivity contribution in [3.63, 3.8) is 0 Å². The summed E-state index contributed by atoms with van der Waals surface area (Å²) in [5.74, 6) is 1.67. The summed E-state index contributed by atoms with van der Waals surface area (Å²) >= 11 is 0. The van der Waals surface area contributed by atoms with Crippen LogP contribution in [-0.4, -0.2) is 63.3 Å². The third-order valence-corrected chi connectivity index (χ3v) is 8.31. The van der Waals surface area contributed by atoms with Gasteiger partial charge in [0.05, 0.1) is 21.3 Å². The van der Waals surface area contributed by atoms with Crippen molar-refractivity contribution in [2.45, 2.75) is 63.6 Å². The number of fused-ring (bicyclic) bond motifs is 1. The maximum atomic E-state index is 14.5. The van der Waals surface area contributed by atoms with Gasteiger partial charge in [-0.15, -0.1) is 0 Å². The Bertz CT molecular complexity index is 1430. The number of ether oxygens (including phenoxy) is 5. The predicted octanol–water partition coefficient (Wildman–Crippen LogP) is 5.42. The molecular formula is C35H42N2O7. The molecule has 5 rings (SSSR count). The summed E-state index contributed by atoms with van der Waals surface area (Å²) in [6.45, 7) is 2.33. The molecule has 3 aromatic carbocycles. The summed E-state index contributed by atoms with van der Waals surface area (Å²) in [6, 6.07) is 18.0. The molecule has 1 heterocycles. The normalized spacial score (nSPS) is 16.9. The molecule has 0 unspecified atom stereocenters. The van der Waals surface area contributed by atoms with Crippen LogP contribution in [0.1, 0.15) is 54.8 Å². The molecule has 2 atom stereocenters. The quantitative estimate of drug-likeness (QED) is 0.313. The molecule has 0 aromatic heterocycles. The summed E-state index contributed by atoms with van der Waals surface area (Å²) in [7, 11) is 4.59. The van der Waals surface area contributed by atoms with Crippen LogP contribution in [0, 0.1) is 6.92 Å². The first-order valence-electron chi connectivity index (χ1n) is 15.3. The standard InChI is InChI=1S/C35H42N2O7/c1-23-11-10-12-24(19-23)17-18-37(35(39)31-22-43-27-15-8-9-16-28(27)44-31)32(34(38)36-26-13-6-5-7-14-26)25-20-29(40-2)33(42-4)30(21-25)41-3/h8-12,15-16,19-21,26,31-32H,5-7,13-14,17-18,22H2,1-4H3,(H,36,38)/t31-,32+/m0/s1. The largest absolute Gasteiger partial charge is 0.493 e. The molecule has 2 amide bonds. The van der Waals surface area contributed by atoms with Crippen LogP contribution in [0.3, 0.4) is 0 Å². The van der Waals surface area contributed by atoms with Gasteiger partial charge in [0.1, 0.15) is 12.6 Å². The van der Waals surface area contributed by atoms with Gasteiger partial charge in [-0.25, -0.2) is 0 Å². The van der Waals surface area contributed by atoms with E-state index in [-0.39, 0.29) is 31.0 Å². The lowest BCUT2D eigenvalue weighted by atomic mass is 9.94. The maximum Gasteiger partial charge on any atom is 0.268 e. The van der Waals surface area contributed by atoms with E-state index in [9.17, 15) is 9.59 Å². The van der Waals surface area contributed by atoms with E-state index in [0.29, 0.717) is 40.7 Å². The van der Waals surface area contributed by atoms with Crippen molar-refractivity contribution < 1.29 is 33.3 Å². The summed E-state index contributed by atoms with van der Waals surface area (Å²) < 4.78 is 29.0. The lowest BCUT2D eigenvalue weighted by molar-refractivity contribution is -0.148. The molecule has 1 fully saturated rings. The first-order chi connectivity index (χ1) is 21.4. The van der Waals surface area contributed by atoms with Crippen molar-refractivity contribution in [2.24, 2.45) is 0 Å². The van der Waals surface area contributed by atoms with E-state index in [0.717, 1.165) is 43.2 Å². The van der Waals surface area contributed by atoms with Gasteiger partial charge in [0.2, 0.25) is 17.8 Å². The van der Waals surface area contributed by atoms with Gasteiger partial charge in [0.15, 0.2) is 23.0 Å². The van der Waals surface area contributed by atoms with E-state index >= 15 is 0 Å². The molecule has 2 aliphatic rings. The first-order valence-corrected chi connectivity index (χ1v) is 15.3. The van der Waals surface area contributed by atoms with Crippen molar-refractivity contribution in [3.8, 4) is 28.7 Å². The minimum absolute atomic E-state index is 0.0308. The van der Waals surface area contributed by atoms with Gasteiger partial charge < -0.3 is 33.9 Å². The molecule has 9 nitrogen and oxygen atoms in total. The van der Waals surface area contributed by atoms with Crippen molar-refractivity contribution in [1.82, 2.24) is 10.2 Å². The Kier molecular flexibility index (Phi) is 10.1. The van der Waals surface area contributed by atoms with Crippen LogP contribution in [0.2, 0.25) is 0 Å². The number of benzene rings is 3. The van der Waals surface area contributed by atoms with E-state index in [2.05, 4.69) is 11.4 Å². The fourth-order valence-corrected chi connectivity index (χ4v) is 6.07. The van der Waals surface area contributed by atoms with Gasteiger partial charge in [-0.05, 0) is 61.6 Å². The Hall–Kier alpha value is -4.40. The third kappa shape index (κ3) is 7.04. The molecule has 1 aliphatic carbocycles. The Morgan fingerprint density at radius 1 is 0.909 bits per heavy atom. The fraction of sp³-hybridized carbons (Fsp3) is 0.429. The van der Waals surface area contributed by atoms with Crippen molar-refractivity contribution in [3.05, 3.63) is 77.4 Å². The molecule has 44 heavy (non-hydrogen) atoms. The number of methoxy groups -OCH3 is 3. The minimum atomic E-state index is -0.997. The van der Waals surface area contributed by atoms with Crippen molar-refractivity contribution in [1.29, 1.82) is 0 Å². The predicted molar refractivity (Wildman–Crippen MR) is 167 cm³/mol. The molecule has 0 spiro atoms. The van der Waals surface area contributed by atoms with Crippen LogP contribution in [0.25, 0.3) is 0 Å². The summed E-state index contributed by atoms with van der Waals surface area (Å²) in [4.78, 5) is 30.5. The Morgan fingerprint density at radius 2 is 1.61 bits per heavy atom. The van der Waals surface area contributed by atoms with Crippen LogP contribution >= 0.6 is 0 Å². The Labute approximate surface area is 259 Å². The van der Waals surface area contributed by atoms with Crippen LogP contribution in [0.5, 0.6) is 28.7 Å². The number of hydrogen-bond donors (Lipinski definition) is 1. The number of carbonyl (C=O) groups excluding carboxylic acids is 2. The molecule has 1 aliphatic heterocycles. The van der Waals surface area contributed by atoms with Gasteiger partial charge in [-0.3, -0.25) is 9.59 Å². The fourth-order valence-electron chi connectivity index (χ4n) is 6.07. The Morgan fingerprint density at radius 3 is 2.27 bits per heavy atom. The van der Waals surface area contributed by atoms with Crippen molar-refractivity contribution >= 4 is 11.8 Å². The highest BCUT2D eigenvalue weighted by Gasteiger charge is 2.39. The average molecular weight is 603 g/mol. The number of amides is 2. The number of para-hydroxylation sites is 2. The third-order valence-electron chi connectivity index (χ3n) is 8.31. The highest BCUT2D eigenvalue weighted by Crippen LogP contribution is 2.41. The number of carbonyl (C=O) groups is 2. The zero-order valence-electron chi connectivity index (χ0n) is 26.0. The number of nitrogens with one attached hydrogen (secondary N) is 1. The molecule has 1 N–H and O–H groups in total. The molecule has 1 saturated carbocycles. The average Bonchev–Trinajstić information content (AvgIpc) is 3.05. The van der Waals surface area contributed by atoms with Crippen LogP contribution in [0.4, 0.5) is 0 Å². The summed E-state index contributed by atoms with van der Waals surface area (Å²) in [5.41, 5.74) is 2.73. The summed E-state index contributed by atoms with van der Waals surface area (Å²) in [6.07, 6.45) is 4.68. The zero-order chi connectivity index (χ0) is 31.1. The molecule has 0 bridgehead atoms. The van der Waals surface area contributed by atoms with Crippen LogP contribution in [-0.2, 0) is 16.0 Å². The van der Waals surface area contributed by atoms with E-state index in [4.69, 9.17) is 23.7 Å². The Balaban J connectivity index is 1.56. The van der Waals surface area contributed by atoms with Crippen LogP contribution < -0.4 is 29.0 Å². The van der Waals surface area contributed by atoms with E-state index in [1.54, 1.807) is 23.1 Å². The highest BCUT2D eigenvalue weighted by molar-refractivity contribution is 5.91. The van der Waals surface area contributed by atoms with Crippen molar-refractivity contribution in [2.75, 3.05) is 34.5 Å². The second kappa shape index (κ2) is 14.4. The smallest absolute Gasteiger partial charge is 0.268 e. The van der Waals surface area contributed by atoms with Gasteiger partial charge in [-0.1, -0.05) is 61.2 Å². The van der Waals surface area contributed by atoms with Gasteiger partial charge >= 0.3 is 0 Å². The molecule has 9 heteroatoms. The van der Waals surface area contributed by atoms with E-state index < -0.39 is 12.1 Å². The molecule has 234 valence electrons. The minimum Gasteiger partial charge on any atom is -0.493 e. The van der Waals surface area contributed by atoms with Gasteiger partial charge in [0.25, 0.3) is 5.91 Å². The first kappa shape index (κ1) is 31.0. The van der Waals surface area contributed by atoms with Gasteiger partial charge in [-0.2, -0.15) is 0 Å². The zero-order valence-corrected chi connectivity index (χ0v) is 26.0. The van der Waals surface area contributed by atoms with E-state index in [1.165, 1.54) is 21.3 Å². The molecule has 0 saturated heterocycles. The molecular weight excluding hydrogens is 560 g/mol. The lowest BCUT2D eigenvalue weighted by Crippen LogP contribution is -2.53. The summed E-state index contributed by atoms with van der Waals surface area (Å²) in [5, 5.41) is 3.26. The number of nitrogens with zero attached hydrogens (tertiary/aromatic N) is 1. The van der Waals surface area contributed by atoms with Gasteiger partial charge in [0, 0.05) is 12.6 Å². The molecule has 3 aromatic rings. The second-order valence-corrected chi connectivity index (χ2v) is 11.3. The number of hydrogen-bond acceptors (Lipinski definition) is 7.